The third-order valence-corrected chi connectivity index (χ3v) is 9.17. The fourth-order valence-corrected chi connectivity index (χ4v) is 8.47. The van der Waals surface area contributed by atoms with Crippen molar-refractivity contribution >= 4 is 0 Å². The van der Waals surface area contributed by atoms with Crippen molar-refractivity contribution in [3.05, 3.63) is 0 Å². The van der Waals surface area contributed by atoms with Gasteiger partial charge in [0.05, 0.1) is 0 Å². The summed E-state index contributed by atoms with van der Waals surface area (Å²) in [5.41, 5.74) is 0. The van der Waals surface area contributed by atoms with E-state index in [4.69, 9.17) is 0 Å². The predicted molar refractivity (Wildman–Crippen MR) is 106 cm³/mol. The molecule has 0 aromatic carbocycles. The maximum absolute atomic E-state index is 2.59. The SMILES string of the molecule is CC.CC.CC1C(C)C2CC1C1C3CC(C4CCCCCCC43)C21. The molecule has 0 aromatic rings. The van der Waals surface area contributed by atoms with Gasteiger partial charge in [-0.3, -0.25) is 0 Å². The van der Waals surface area contributed by atoms with Gasteiger partial charge in [-0.1, -0.05) is 67.2 Å². The maximum Gasteiger partial charge on any atom is -0.0318 e. The molecule has 0 radical (unpaired) electrons. The lowest BCUT2D eigenvalue weighted by atomic mass is 9.58. The molecule has 10 atom stereocenters. The molecule has 0 heteroatoms. The highest BCUT2D eigenvalue weighted by Gasteiger charge is 2.67. The molecule has 5 rings (SSSR count). The summed E-state index contributed by atoms with van der Waals surface area (Å²) in [6.45, 7) is 13.2. The Morgan fingerprint density at radius 1 is 0.458 bits per heavy atom. The van der Waals surface area contributed by atoms with E-state index in [0.717, 1.165) is 23.7 Å². The molecule has 0 aliphatic heterocycles. The van der Waals surface area contributed by atoms with E-state index in [-0.39, 0.29) is 0 Å². The predicted octanol–water partition coefficient (Wildman–Crippen LogP) is 7.43. The van der Waals surface area contributed by atoms with Gasteiger partial charge in [-0.25, -0.2) is 0 Å². The van der Waals surface area contributed by atoms with E-state index < -0.39 is 0 Å². The smallest absolute Gasteiger partial charge is 0.0318 e. The van der Waals surface area contributed by atoms with Gasteiger partial charge in [0.1, 0.15) is 0 Å². The summed E-state index contributed by atoms with van der Waals surface area (Å²) < 4.78 is 0. The van der Waals surface area contributed by atoms with E-state index in [9.17, 15) is 0 Å². The fraction of sp³-hybridized carbons (Fsp3) is 1.00. The standard InChI is InChI=1S/C20H32.2C2H6/c1-11-12(2)16-9-15(11)19-17-10-18(20(16)19)14-8-6-4-3-5-7-13(14)17;2*1-2/h11-20H,3-10H2,1-2H3;2*1-2H3. The van der Waals surface area contributed by atoms with Crippen LogP contribution in [0.5, 0.6) is 0 Å². The van der Waals surface area contributed by atoms with Crippen LogP contribution < -0.4 is 0 Å². The molecular weight excluding hydrogens is 288 g/mol. The molecule has 5 aliphatic carbocycles. The summed E-state index contributed by atoms with van der Waals surface area (Å²) in [4.78, 5) is 0. The first-order valence-electron chi connectivity index (χ1n) is 11.8. The van der Waals surface area contributed by atoms with E-state index in [0.29, 0.717) is 0 Å². The van der Waals surface area contributed by atoms with Crippen LogP contribution in [0, 0.1) is 59.2 Å². The number of rotatable bonds is 0. The van der Waals surface area contributed by atoms with Gasteiger partial charge in [0.25, 0.3) is 0 Å². The molecule has 0 saturated heterocycles. The van der Waals surface area contributed by atoms with E-state index in [1.807, 2.05) is 27.7 Å². The van der Waals surface area contributed by atoms with Gasteiger partial charge in [0.2, 0.25) is 0 Å². The first-order chi connectivity index (χ1) is 11.8. The minimum atomic E-state index is 1.05. The van der Waals surface area contributed by atoms with Gasteiger partial charge in [-0.15, -0.1) is 0 Å². The Morgan fingerprint density at radius 3 is 1.25 bits per heavy atom. The van der Waals surface area contributed by atoms with E-state index in [1.165, 1.54) is 48.3 Å². The second-order valence-electron chi connectivity index (χ2n) is 9.32. The Labute approximate surface area is 152 Å². The Balaban J connectivity index is 0.000000396. The fourth-order valence-electron chi connectivity index (χ4n) is 8.47. The van der Waals surface area contributed by atoms with Gasteiger partial charge in [-0.05, 0) is 84.9 Å². The van der Waals surface area contributed by atoms with E-state index in [2.05, 4.69) is 13.8 Å². The lowest BCUT2D eigenvalue weighted by molar-refractivity contribution is 0.00415. The van der Waals surface area contributed by atoms with Crippen LogP contribution in [0.4, 0.5) is 0 Å². The largest absolute Gasteiger partial charge is 0.0683 e. The molecule has 5 fully saturated rings. The summed E-state index contributed by atoms with van der Waals surface area (Å²) in [7, 11) is 0. The summed E-state index contributed by atoms with van der Waals surface area (Å²) in [6.07, 6.45) is 12.7. The van der Waals surface area contributed by atoms with E-state index >= 15 is 0 Å². The molecule has 0 amide bonds. The van der Waals surface area contributed by atoms with Crippen molar-refractivity contribution < 1.29 is 0 Å². The lowest BCUT2D eigenvalue weighted by Gasteiger charge is -2.47. The third-order valence-electron chi connectivity index (χ3n) is 9.17. The second-order valence-corrected chi connectivity index (χ2v) is 9.32. The summed E-state index contributed by atoms with van der Waals surface area (Å²) >= 11 is 0. The van der Waals surface area contributed by atoms with Crippen molar-refractivity contribution in [1.82, 2.24) is 0 Å². The summed E-state index contributed by atoms with van der Waals surface area (Å²) in [5.74, 6) is 11.5. The minimum absolute atomic E-state index is 1.05. The van der Waals surface area contributed by atoms with Crippen molar-refractivity contribution in [2.24, 2.45) is 59.2 Å². The number of hydrogen-bond acceptors (Lipinski definition) is 0. The first-order valence-corrected chi connectivity index (χ1v) is 11.8. The van der Waals surface area contributed by atoms with Crippen LogP contribution in [0.1, 0.15) is 92.9 Å². The van der Waals surface area contributed by atoms with Gasteiger partial charge >= 0.3 is 0 Å². The Hall–Kier alpha value is 0. The molecule has 140 valence electrons. The second kappa shape index (κ2) is 7.71. The van der Waals surface area contributed by atoms with Crippen molar-refractivity contribution in [2.45, 2.75) is 92.9 Å². The quantitative estimate of drug-likeness (QED) is 0.405. The zero-order valence-corrected chi connectivity index (χ0v) is 17.4. The van der Waals surface area contributed by atoms with Gasteiger partial charge in [0.15, 0.2) is 0 Å². The molecule has 0 heterocycles. The average molecular weight is 333 g/mol. The van der Waals surface area contributed by atoms with Crippen LogP contribution in [0.25, 0.3) is 0 Å². The van der Waals surface area contributed by atoms with Crippen LogP contribution in [0.3, 0.4) is 0 Å². The van der Waals surface area contributed by atoms with Crippen LogP contribution >= 0.6 is 0 Å². The molecule has 0 nitrogen and oxygen atoms in total. The Kier molecular flexibility index (Phi) is 6.03. The van der Waals surface area contributed by atoms with Crippen LogP contribution in [-0.2, 0) is 0 Å². The maximum atomic E-state index is 2.59. The van der Waals surface area contributed by atoms with E-state index in [1.54, 1.807) is 38.5 Å². The van der Waals surface area contributed by atoms with Crippen LogP contribution in [0.2, 0.25) is 0 Å². The summed E-state index contributed by atoms with van der Waals surface area (Å²) in [6, 6.07) is 0. The molecule has 4 bridgehead atoms. The van der Waals surface area contributed by atoms with Crippen LogP contribution in [0.15, 0.2) is 0 Å². The molecule has 24 heavy (non-hydrogen) atoms. The zero-order chi connectivity index (χ0) is 17.4. The molecule has 5 saturated carbocycles. The number of fused-ring (bicyclic) bond motifs is 12. The van der Waals surface area contributed by atoms with Gasteiger partial charge < -0.3 is 0 Å². The molecular formula is C24H44. The number of hydrogen-bond donors (Lipinski definition) is 0. The lowest BCUT2D eigenvalue weighted by Crippen LogP contribution is -2.42. The van der Waals surface area contributed by atoms with Gasteiger partial charge in [-0.2, -0.15) is 0 Å². The van der Waals surface area contributed by atoms with Crippen LogP contribution in [-0.4, -0.2) is 0 Å². The normalized spacial score (nSPS) is 53.8. The molecule has 0 N–H and O–H groups in total. The van der Waals surface area contributed by atoms with Crippen molar-refractivity contribution in [3.63, 3.8) is 0 Å². The Bertz CT molecular complexity index is 363. The minimum Gasteiger partial charge on any atom is -0.0683 e. The monoisotopic (exact) mass is 332 g/mol. The van der Waals surface area contributed by atoms with Crippen molar-refractivity contribution in [2.75, 3.05) is 0 Å². The molecule has 0 aromatic heterocycles. The molecule has 5 aliphatic rings. The molecule has 10 unspecified atom stereocenters. The average Bonchev–Trinajstić information content (AvgIpc) is 3.31. The first kappa shape index (κ1) is 18.8. The van der Waals surface area contributed by atoms with Crippen molar-refractivity contribution in [3.8, 4) is 0 Å². The summed E-state index contributed by atoms with van der Waals surface area (Å²) in [5, 5.41) is 0. The Morgan fingerprint density at radius 2 is 0.833 bits per heavy atom. The topological polar surface area (TPSA) is 0 Å². The third kappa shape index (κ3) is 2.61. The van der Waals surface area contributed by atoms with Crippen molar-refractivity contribution in [1.29, 1.82) is 0 Å². The van der Waals surface area contributed by atoms with Gasteiger partial charge in [0, 0.05) is 0 Å². The highest BCUT2D eigenvalue weighted by molar-refractivity contribution is 5.15. The highest BCUT2D eigenvalue weighted by atomic mass is 14.7. The zero-order valence-electron chi connectivity index (χ0n) is 17.4. The highest BCUT2D eigenvalue weighted by Crippen LogP contribution is 2.73. The molecule has 0 spiro atoms.